The van der Waals surface area contributed by atoms with E-state index in [-0.39, 0.29) is 27.4 Å². The molecule has 2 aliphatic rings. The van der Waals surface area contributed by atoms with E-state index in [1.165, 1.54) is 12.1 Å². The number of aromatic nitrogens is 1. The summed E-state index contributed by atoms with van der Waals surface area (Å²) in [7, 11) is 0. The van der Waals surface area contributed by atoms with Crippen molar-refractivity contribution in [1.29, 1.82) is 0 Å². The SMILES string of the molecule is CC1=C(C(=O)Nc2ccc(C)c[nH+]2)C(c2c(F)cccc2Cl)C2=C(CC(C)(C)CC2=O)N1. The number of hydrogen-bond acceptors (Lipinski definition) is 3. The van der Waals surface area contributed by atoms with Gasteiger partial charge in [-0.3, -0.25) is 4.79 Å². The van der Waals surface area contributed by atoms with Crippen LogP contribution in [0.5, 0.6) is 0 Å². The number of amides is 1. The van der Waals surface area contributed by atoms with Gasteiger partial charge in [0, 0.05) is 40.0 Å². The van der Waals surface area contributed by atoms with E-state index < -0.39 is 17.6 Å². The fourth-order valence-electron chi connectivity index (χ4n) is 4.58. The summed E-state index contributed by atoms with van der Waals surface area (Å²) in [5, 5.41) is 6.30. The van der Waals surface area contributed by atoms with Gasteiger partial charge in [-0.1, -0.05) is 31.5 Å². The highest BCUT2D eigenvalue weighted by Gasteiger charge is 2.45. The molecule has 4 rings (SSSR count). The lowest BCUT2D eigenvalue weighted by atomic mass is 9.68. The number of anilines is 1. The van der Waals surface area contributed by atoms with Crippen LogP contribution in [-0.2, 0) is 9.59 Å². The monoisotopic (exact) mass is 454 g/mol. The number of aromatic amines is 1. The van der Waals surface area contributed by atoms with Crippen molar-refractivity contribution in [3.63, 3.8) is 0 Å². The van der Waals surface area contributed by atoms with Gasteiger partial charge in [0.05, 0.1) is 17.7 Å². The Labute approximate surface area is 191 Å². The van der Waals surface area contributed by atoms with Crippen LogP contribution in [0.15, 0.2) is 59.1 Å². The van der Waals surface area contributed by atoms with Crippen molar-refractivity contribution in [3.05, 3.63) is 81.0 Å². The van der Waals surface area contributed by atoms with Gasteiger partial charge in [0.25, 0.3) is 5.82 Å². The molecule has 32 heavy (non-hydrogen) atoms. The van der Waals surface area contributed by atoms with Gasteiger partial charge in [-0.15, -0.1) is 0 Å². The first-order valence-corrected chi connectivity index (χ1v) is 10.9. The molecule has 0 radical (unpaired) electrons. The zero-order valence-electron chi connectivity index (χ0n) is 18.5. The standard InChI is InChI=1S/C25H25ClFN3O2/c1-13-8-9-19(28-12-13)30-24(32)20-14(2)29-17-10-25(3,4)11-18(31)22(17)23(20)21-15(26)6-5-7-16(21)27/h5-9,12,23,29H,10-11H2,1-4H3,(H,28,30,32)/p+1. The van der Waals surface area contributed by atoms with E-state index >= 15 is 4.39 Å². The number of halogens is 2. The first-order valence-electron chi connectivity index (χ1n) is 10.5. The normalized spacial score (nSPS) is 20.1. The molecule has 3 N–H and O–H groups in total. The quantitative estimate of drug-likeness (QED) is 0.696. The highest BCUT2D eigenvalue weighted by molar-refractivity contribution is 6.31. The number of nitrogens with one attached hydrogen (secondary N) is 3. The number of carbonyl (C=O) groups excluding carboxylic acids is 2. The number of aryl methyl sites for hydroxylation is 1. The number of ketones is 1. The molecule has 5 nitrogen and oxygen atoms in total. The van der Waals surface area contributed by atoms with Gasteiger partial charge in [0.1, 0.15) is 5.82 Å². The molecule has 1 aromatic carbocycles. The molecule has 0 fully saturated rings. The lowest BCUT2D eigenvalue weighted by Gasteiger charge is -2.39. The zero-order chi connectivity index (χ0) is 23.2. The van der Waals surface area contributed by atoms with Crippen LogP contribution >= 0.6 is 11.6 Å². The average molecular weight is 455 g/mol. The maximum atomic E-state index is 15.1. The van der Waals surface area contributed by atoms with Crippen molar-refractivity contribution >= 4 is 29.1 Å². The van der Waals surface area contributed by atoms with Crippen molar-refractivity contribution in [3.8, 4) is 0 Å². The van der Waals surface area contributed by atoms with Gasteiger partial charge in [-0.05, 0) is 49.4 Å². The minimum atomic E-state index is -0.894. The minimum absolute atomic E-state index is 0.104. The van der Waals surface area contributed by atoms with Gasteiger partial charge in [-0.25, -0.2) is 19.5 Å². The number of pyridine rings is 1. The molecule has 0 bridgehead atoms. The van der Waals surface area contributed by atoms with Crippen LogP contribution in [0.1, 0.15) is 50.7 Å². The Morgan fingerprint density at radius 1 is 1.22 bits per heavy atom. The first kappa shape index (κ1) is 22.2. The predicted molar refractivity (Wildman–Crippen MR) is 121 cm³/mol. The molecule has 0 spiro atoms. The average Bonchev–Trinajstić information content (AvgIpc) is 2.68. The van der Waals surface area contributed by atoms with Crippen LogP contribution in [0.25, 0.3) is 0 Å². The van der Waals surface area contributed by atoms with Crippen LogP contribution in [0.2, 0.25) is 5.02 Å². The van der Waals surface area contributed by atoms with Crippen molar-refractivity contribution in [2.24, 2.45) is 5.41 Å². The van der Waals surface area contributed by atoms with Gasteiger partial charge in [0.2, 0.25) is 0 Å². The topological polar surface area (TPSA) is 72.3 Å². The van der Waals surface area contributed by atoms with Crippen molar-refractivity contribution in [2.45, 2.75) is 46.5 Å². The molecular formula is C25H26ClFN3O2+. The lowest BCUT2D eigenvalue weighted by Crippen LogP contribution is -2.40. The first-order chi connectivity index (χ1) is 15.1. The number of allylic oxidation sites excluding steroid dienone is 3. The molecule has 1 aliphatic carbocycles. The largest absolute Gasteiger partial charge is 0.362 e. The van der Waals surface area contributed by atoms with E-state index in [1.54, 1.807) is 25.3 Å². The molecule has 1 atom stereocenters. The fourth-order valence-corrected chi connectivity index (χ4v) is 4.85. The summed E-state index contributed by atoms with van der Waals surface area (Å²) in [6, 6.07) is 8.02. The molecule has 1 aliphatic heterocycles. The number of Topliss-reactive ketones (excluding diaryl/α,β-unsaturated/α-hetero) is 1. The Bertz CT molecular complexity index is 1160. The maximum Gasteiger partial charge on any atom is 0.337 e. The van der Waals surface area contributed by atoms with Crippen molar-refractivity contribution in [1.82, 2.24) is 5.32 Å². The summed E-state index contributed by atoms with van der Waals surface area (Å²) in [5.74, 6) is -1.48. The Hall–Kier alpha value is -2.99. The Kier molecular flexibility index (Phi) is 5.67. The van der Waals surface area contributed by atoms with Gasteiger partial charge in [-0.2, -0.15) is 0 Å². The van der Waals surface area contributed by atoms with Crippen LogP contribution in [0, 0.1) is 18.2 Å². The van der Waals surface area contributed by atoms with Crippen molar-refractivity contribution < 1.29 is 19.0 Å². The summed E-state index contributed by atoms with van der Waals surface area (Å²) in [6.45, 7) is 7.75. The van der Waals surface area contributed by atoms with E-state index in [0.717, 1.165) is 11.3 Å². The number of carbonyl (C=O) groups is 2. The number of rotatable bonds is 3. The molecule has 0 saturated carbocycles. The maximum absolute atomic E-state index is 15.1. The molecule has 0 saturated heterocycles. The third-order valence-corrected chi connectivity index (χ3v) is 6.32. The number of dihydropyridines is 1. The van der Waals surface area contributed by atoms with Gasteiger partial charge in [0.15, 0.2) is 5.78 Å². The van der Waals surface area contributed by atoms with E-state index in [9.17, 15) is 9.59 Å². The molecule has 2 aromatic rings. The van der Waals surface area contributed by atoms with Crippen LogP contribution < -0.4 is 15.6 Å². The van der Waals surface area contributed by atoms with Crippen LogP contribution in [0.3, 0.4) is 0 Å². The van der Waals surface area contributed by atoms with Gasteiger partial charge < -0.3 is 5.32 Å². The number of benzene rings is 1. The summed E-state index contributed by atoms with van der Waals surface area (Å²) >= 11 is 6.44. The minimum Gasteiger partial charge on any atom is -0.362 e. The van der Waals surface area contributed by atoms with E-state index in [4.69, 9.17) is 11.6 Å². The zero-order valence-corrected chi connectivity index (χ0v) is 19.3. The molecule has 166 valence electrons. The second kappa shape index (κ2) is 8.17. The number of hydrogen-bond donors (Lipinski definition) is 2. The predicted octanol–water partition coefficient (Wildman–Crippen LogP) is 4.84. The second-order valence-corrected chi connectivity index (χ2v) is 9.71. The highest BCUT2D eigenvalue weighted by Crippen LogP contribution is 2.48. The van der Waals surface area contributed by atoms with Crippen LogP contribution in [-0.4, -0.2) is 11.7 Å². The molecule has 7 heteroatoms. The Balaban J connectivity index is 1.85. The third kappa shape index (κ3) is 4.07. The van der Waals surface area contributed by atoms with E-state index in [0.29, 0.717) is 29.9 Å². The molecule has 1 amide bonds. The summed E-state index contributed by atoms with van der Waals surface area (Å²) < 4.78 is 15.1. The second-order valence-electron chi connectivity index (χ2n) is 9.30. The summed E-state index contributed by atoms with van der Waals surface area (Å²) in [4.78, 5) is 29.8. The van der Waals surface area contributed by atoms with E-state index in [2.05, 4.69) is 15.6 Å². The van der Waals surface area contributed by atoms with E-state index in [1.807, 2.05) is 26.8 Å². The Morgan fingerprint density at radius 3 is 2.62 bits per heavy atom. The highest BCUT2D eigenvalue weighted by atomic mass is 35.5. The summed E-state index contributed by atoms with van der Waals surface area (Å²) in [6.07, 6.45) is 2.71. The summed E-state index contributed by atoms with van der Waals surface area (Å²) in [5.41, 5.74) is 2.92. The molecule has 1 aromatic heterocycles. The smallest absolute Gasteiger partial charge is 0.337 e. The fraction of sp³-hybridized carbons (Fsp3) is 0.320. The molecular weight excluding hydrogens is 429 g/mol. The molecule has 2 heterocycles. The third-order valence-electron chi connectivity index (χ3n) is 5.99. The number of H-pyrrole nitrogens is 1. The lowest BCUT2D eigenvalue weighted by molar-refractivity contribution is -0.361. The van der Waals surface area contributed by atoms with Crippen molar-refractivity contribution in [2.75, 3.05) is 5.32 Å². The van der Waals surface area contributed by atoms with Crippen LogP contribution in [0.4, 0.5) is 10.2 Å². The van der Waals surface area contributed by atoms with Gasteiger partial charge >= 0.3 is 5.91 Å². The Morgan fingerprint density at radius 2 is 1.97 bits per heavy atom. The molecule has 1 unspecified atom stereocenters.